The molecule has 1 aromatic heterocycles. The highest BCUT2D eigenvalue weighted by Crippen LogP contribution is 2.30. The lowest BCUT2D eigenvalue weighted by Crippen LogP contribution is -2.29. The molecule has 0 saturated carbocycles. The van der Waals surface area contributed by atoms with E-state index < -0.39 is 10.0 Å². The highest BCUT2D eigenvalue weighted by Gasteiger charge is 2.21. The number of benzene rings is 2. The number of sulfonamides is 1. The standard InChI is InChI=1S/C20H22BrN3O3S/c1-14-20(21)16-9-5-6-10-17(16)24(14)13-19(25)22-12-15-8-4-7-11-18(15)28(26,27)23(2)3/h4-11H,12-13H2,1-3H3,(H,22,25). The highest BCUT2D eigenvalue weighted by atomic mass is 79.9. The Labute approximate surface area is 173 Å². The molecule has 2 aromatic carbocycles. The number of para-hydroxylation sites is 1. The number of nitrogens with one attached hydrogen (secondary N) is 1. The molecule has 6 nitrogen and oxygen atoms in total. The van der Waals surface area contributed by atoms with Crippen molar-refractivity contribution in [1.29, 1.82) is 0 Å². The van der Waals surface area contributed by atoms with Crippen LogP contribution in [0.3, 0.4) is 0 Å². The minimum atomic E-state index is -3.58. The van der Waals surface area contributed by atoms with Gasteiger partial charge in [-0.05, 0) is 40.5 Å². The zero-order valence-corrected chi connectivity index (χ0v) is 18.3. The van der Waals surface area contributed by atoms with Crippen LogP contribution in [0.2, 0.25) is 0 Å². The number of nitrogens with zero attached hydrogens (tertiary/aromatic N) is 2. The third kappa shape index (κ3) is 3.85. The fourth-order valence-corrected chi connectivity index (χ4v) is 4.75. The van der Waals surface area contributed by atoms with Gasteiger partial charge in [-0.25, -0.2) is 12.7 Å². The van der Waals surface area contributed by atoms with E-state index in [-0.39, 0.29) is 23.9 Å². The summed E-state index contributed by atoms with van der Waals surface area (Å²) < 4.78 is 29.1. The van der Waals surface area contributed by atoms with E-state index in [1.165, 1.54) is 18.4 Å². The van der Waals surface area contributed by atoms with Crippen molar-refractivity contribution in [1.82, 2.24) is 14.2 Å². The molecule has 0 radical (unpaired) electrons. The van der Waals surface area contributed by atoms with Crippen molar-refractivity contribution < 1.29 is 13.2 Å². The number of carbonyl (C=O) groups excluding carboxylic acids is 1. The van der Waals surface area contributed by atoms with Gasteiger partial charge >= 0.3 is 0 Å². The van der Waals surface area contributed by atoms with Crippen LogP contribution in [-0.2, 0) is 27.9 Å². The summed E-state index contributed by atoms with van der Waals surface area (Å²) >= 11 is 3.59. The van der Waals surface area contributed by atoms with Crippen molar-refractivity contribution in [3.8, 4) is 0 Å². The molecule has 0 atom stereocenters. The molecule has 0 aliphatic rings. The Bertz CT molecular complexity index is 1140. The maximum atomic E-state index is 12.6. The van der Waals surface area contributed by atoms with Crippen LogP contribution in [0.5, 0.6) is 0 Å². The van der Waals surface area contributed by atoms with Gasteiger partial charge < -0.3 is 9.88 Å². The van der Waals surface area contributed by atoms with Crippen LogP contribution >= 0.6 is 15.9 Å². The fraction of sp³-hybridized carbons (Fsp3) is 0.250. The van der Waals surface area contributed by atoms with E-state index >= 15 is 0 Å². The van der Waals surface area contributed by atoms with Gasteiger partial charge in [0.15, 0.2) is 0 Å². The van der Waals surface area contributed by atoms with Gasteiger partial charge in [-0.2, -0.15) is 0 Å². The smallest absolute Gasteiger partial charge is 0.242 e. The quantitative estimate of drug-likeness (QED) is 0.609. The Kier molecular flexibility index (Phi) is 5.92. The molecular formula is C20H22BrN3O3S. The second-order valence-corrected chi connectivity index (χ2v) is 9.59. The maximum Gasteiger partial charge on any atom is 0.242 e. The largest absolute Gasteiger partial charge is 0.350 e. The third-order valence-electron chi connectivity index (χ3n) is 4.66. The Morgan fingerprint density at radius 2 is 1.75 bits per heavy atom. The number of rotatable bonds is 6. The molecule has 0 aliphatic heterocycles. The van der Waals surface area contributed by atoms with Gasteiger partial charge in [0.1, 0.15) is 6.54 Å². The van der Waals surface area contributed by atoms with Crippen molar-refractivity contribution in [2.24, 2.45) is 0 Å². The summed E-state index contributed by atoms with van der Waals surface area (Å²) in [5.74, 6) is -0.187. The van der Waals surface area contributed by atoms with Crippen LogP contribution in [0.25, 0.3) is 10.9 Å². The Hall–Kier alpha value is -2.16. The lowest BCUT2D eigenvalue weighted by Gasteiger charge is -2.16. The molecule has 0 spiro atoms. The van der Waals surface area contributed by atoms with Gasteiger partial charge in [0, 0.05) is 41.7 Å². The lowest BCUT2D eigenvalue weighted by atomic mass is 10.2. The van der Waals surface area contributed by atoms with Crippen molar-refractivity contribution in [2.75, 3.05) is 14.1 Å². The summed E-state index contributed by atoms with van der Waals surface area (Å²) in [5.41, 5.74) is 2.49. The summed E-state index contributed by atoms with van der Waals surface area (Å²) in [5, 5.41) is 3.89. The van der Waals surface area contributed by atoms with Crippen LogP contribution < -0.4 is 5.32 Å². The molecule has 0 unspecified atom stereocenters. The van der Waals surface area contributed by atoms with Gasteiger partial charge in [-0.3, -0.25) is 4.79 Å². The van der Waals surface area contributed by atoms with Crippen LogP contribution in [0.4, 0.5) is 0 Å². The van der Waals surface area contributed by atoms with Crippen molar-refractivity contribution in [2.45, 2.75) is 24.9 Å². The first kappa shape index (κ1) is 20.6. The molecule has 28 heavy (non-hydrogen) atoms. The minimum absolute atomic E-state index is 0.140. The van der Waals surface area contributed by atoms with Gasteiger partial charge in [-0.1, -0.05) is 36.4 Å². The molecule has 148 valence electrons. The van der Waals surface area contributed by atoms with E-state index in [0.717, 1.165) is 21.1 Å². The predicted molar refractivity (Wildman–Crippen MR) is 114 cm³/mol. The second-order valence-electron chi connectivity index (χ2n) is 6.67. The number of hydrogen-bond donors (Lipinski definition) is 1. The van der Waals surface area contributed by atoms with E-state index in [0.29, 0.717) is 5.56 Å². The number of carbonyl (C=O) groups is 1. The number of hydrogen-bond acceptors (Lipinski definition) is 3. The molecule has 3 rings (SSSR count). The van der Waals surface area contributed by atoms with Crippen molar-refractivity contribution in [3.63, 3.8) is 0 Å². The monoisotopic (exact) mass is 463 g/mol. The molecule has 0 saturated heterocycles. The predicted octanol–water partition coefficient (Wildman–Crippen LogP) is 3.28. The van der Waals surface area contributed by atoms with E-state index in [4.69, 9.17) is 0 Å². The molecule has 8 heteroatoms. The Morgan fingerprint density at radius 1 is 1.11 bits per heavy atom. The van der Waals surface area contributed by atoms with Crippen LogP contribution in [0.1, 0.15) is 11.3 Å². The van der Waals surface area contributed by atoms with Gasteiger partial charge in [0.25, 0.3) is 0 Å². The zero-order valence-electron chi connectivity index (χ0n) is 15.9. The Balaban J connectivity index is 1.79. The summed E-state index contributed by atoms with van der Waals surface area (Å²) in [6.07, 6.45) is 0. The third-order valence-corrected chi connectivity index (χ3v) is 7.58. The SMILES string of the molecule is Cc1c(Br)c2ccccc2n1CC(=O)NCc1ccccc1S(=O)(=O)N(C)C. The average molecular weight is 464 g/mol. The van der Waals surface area contributed by atoms with Crippen LogP contribution in [0, 0.1) is 6.92 Å². The first-order chi connectivity index (χ1) is 13.2. The van der Waals surface area contributed by atoms with Crippen molar-refractivity contribution in [3.05, 3.63) is 64.3 Å². The van der Waals surface area contributed by atoms with Gasteiger partial charge in [-0.15, -0.1) is 0 Å². The van der Waals surface area contributed by atoms with Gasteiger partial charge in [0.2, 0.25) is 15.9 Å². The van der Waals surface area contributed by atoms with E-state index in [2.05, 4.69) is 21.2 Å². The van der Waals surface area contributed by atoms with Crippen LogP contribution in [0.15, 0.2) is 57.9 Å². The second kappa shape index (κ2) is 8.06. The maximum absolute atomic E-state index is 12.6. The summed E-state index contributed by atoms with van der Waals surface area (Å²) in [6.45, 7) is 2.25. The highest BCUT2D eigenvalue weighted by molar-refractivity contribution is 9.10. The van der Waals surface area contributed by atoms with Crippen molar-refractivity contribution >= 4 is 42.8 Å². The summed E-state index contributed by atoms with van der Waals surface area (Å²) in [7, 11) is -0.599. The topological polar surface area (TPSA) is 71.4 Å². The van der Waals surface area contributed by atoms with E-state index in [1.54, 1.807) is 24.3 Å². The average Bonchev–Trinajstić information content (AvgIpc) is 2.91. The molecule has 1 heterocycles. The number of amides is 1. The fourth-order valence-electron chi connectivity index (χ4n) is 3.08. The van der Waals surface area contributed by atoms with Crippen LogP contribution in [-0.4, -0.2) is 37.3 Å². The molecule has 0 aliphatic carbocycles. The summed E-state index contributed by atoms with van der Waals surface area (Å²) in [4.78, 5) is 12.8. The first-order valence-corrected chi connectivity index (χ1v) is 11.0. The molecule has 0 bridgehead atoms. The van der Waals surface area contributed by atoms with E-state index in [9.17, 15) is 13.2 Å². The molecule has 1 amide bonds. The number of halogens is 1. The Morgan fingerprint density at radius 3 is 2.46 bits per heavy atom. The normalized spacial score (nSPS) is 11.9. The first-order valence-electron chi connectivity index (χ1n) is 8.74. The summed E-state index contributed by atoms with van der Waals surface area (Å²) in [6, 6.07) is 14.6. The molecule has 3 aromatic rings. The van der Waals surface area contributed by atoms with E-state index in [1.807, 2.05) is 35.8 Å². The zero-order chi connectivity index (χ0) is 20.5. The molecule has 0 fully saturated rings. The van der Waals surface area contributed by atoms with Gasteiger partial charge in [0.05, 0.1) is 4.90 Å². The molecule has 1 N–H and O–H groups in total. The minimum Gasteiger partial charge on any atom is -0.350 e. The number of aromatic nitrogens is 1. The molecular weight excluding hydrogens is 442 g/mol. The number of fused-ring (bicyclic) bond motifs is 1. The lowest BCUT2D eigenvalue weighted by molar-refractivity contribution is -0.121.